The molecule has 8 heteroatoms. The van der Waals surface area contributed by atoms with Crippen LogP contribution >= 0.6 is 0 Å². The van der Waals surface area contributed by atoms with E-state index >= 15 is 0 Å². The van der Waals surface area contributed by atoms with Gasteiger partial charge in [0.1, 0.15) is 0 Å². The second-order valence-corrected chi connectivity index (χ2v) is 8.62. The average Bonchev–Trinajstić information content (AvgIpc) is 3.46. The number of piperidine rings is 1. The zero-order chi connectivity index (χ0) is 18.7. The first-order valence-electron chi connectivity index (χ1n) is 8.74. The van der Waals surface area contributed by atoms with Crippen LogP contribution in [0.1, 0.15) is 25.7 Å². The van der Waals surface area contributed by atoms with E-state index in [0.29, 0.717) is 37.7 Å². The van der Waals surface area contributed by atoms with E-state index in [1.165, 1.54) is 16.4 Å². The first kappa shape index (κ1) is 18.6. The molecule has 0 radical (unpaired) electrons. The van der Waals surface area contributed by atoms with Gasteiger partial charge in [0.25, 0.3) is 0 Å². The standard InChI is InChI=1S/C18H23N3O4S/c1-2-17(22)19-14-5-7-16(8-6-14)26(24,25)21-11-9-13(10-12-21)18(23)20-15-3-4-15/h2,5-8,13,15H,1,3-4,9-12H2,(H,19,22)(H,20,23). The summed E-state index contributed by atoms with van der Waals surface area (Å²) in [7, 11) is -3.60. The van der Waals surface area contributed by atoms with Gasteiger partial charge >= 0.3 is 0 Å². The van der Waals surface area contributed by atoms with Crippen LogP contribution in [-0.2, 0) is 19.6 Å². The van der Waals surface area contributed by atoms with Crippen LogP contribution in [0.15, 0.2) is 41.8 Å². The lowest BCUT2D eigenvalue weighted by atomic mass is 9.97. The number of nitrogens with one attached hydrogen (secondary N) is 2. The summed E-state index contributed by atoms with van der Waals surface area (Å²) >= 11 is 0. The summed E-state index contributed by atoms with van der Waals surface area (Å²) in [5.41, 5.74) is 0.504. The van der Waals surface area contributed by atoms with E-state index in [1.54, 1.807) is 12.1 Å². The molecule has 1 heterocycles. The molecule has 7 nitrogen and oxygen atoms in total. The molecule has 2 fully saturated rings. The Kier molecular flexibility index (Phi) is 5.43. The van der Waals surface area contributed by atoms with Gasteiger partial charge in [-0.05, 0) is 56.0 Å². The van der Waals surface area contributed by atoms with E-state index in [9.17, 15) is 18.0 Å². The van der Waals surface area contributed by atoms with E-state index in [-0.39, 0.29) is 22.6 Å². The normalized spacial score (nSPS) is 18.9. The van der Waals surface area contributed by atoms with Crippen molar-refractivity contribution in [1.82, 2.24) is 9.62 Å². The quantitative estimate of drug-likeness (QED) is 0.734. The van der Waals surface area contributed by atoms with Crippen LogP contribution in [0.4, 0.5) is 5.69 Å². The van der Waals surface area contributed by atoms with Gasteiger partial charge in [-0.1, -0.05) is 6.58 Å². The van der Waals surface area contributed by atoms with Gasteiger partial charge in [0.2, 0.25) is 21.8 Å². The van der Waals surface area contributed by atoms with E-state index in [0.717, 1.165) is 18.9 Å². The smallest absolute Gasteiger partial charge is 0.247 e. The van der Waals surface area contributed by atoms with Crippen molar-refractivity contribution < 1.29 is 18.0 Å². The molecule has 0 unspecified atom stereocenters. The van der Waals surface area contributed by atoms with Crippen LogP contribution in [-0.4, -0.2) is 43.7 Å². The molecule has 26 heavy (non-hydrogen) atoms. The predicted molar refractivity (Wildman–Crippen MR) is 97.9 cm³/mol. The Balaban J connectivity index is 1.60. The number of sulfonamides is 1. The summed E-state index contributed by atoms with van der Waals surface area (Å²) < 4.78 is 26.9. The van der Waals surface area contributed by atoms with Gasteiger partial charge in [0, 0.05) is 30.7 Å². The third-order valence-electron chi connectivity index (χ3n) is 4.69. The topological polar surface area (TPSA) is 95.6 Å². The van der Waals surface area contributed by atoms with Gasteiger partial charge < -0.3 is 10.6 Å². The number of carbonyl (C=O) groups excluding carboxylic acids is 2. The van der Waals surface area contributed by atoms with Gasteiger partial charge in [-0.3, -0.25) is 9.59 Å². The summed E-state index contributed by atoms with van der Waals surface area (Å²) in [5.74, 6) is -0.419. The second-order valence-electron chi connectivity index (χ2n) is 6.68. The highest BCUT2D eigenvalue weighted by molar-refractivity contribution is 7.89. The number of amides is 2. The number of benzene rings is 1. The fraction of sp³-hybridized carbons (Fsp3) is 0.444. The highest BCUT2D eigenvalue weighted by atomic mass is 32.2. The summed E-state index contributed by atoms with van der Waals surface area (Å²) in [6.07, 6.45) is 4.30. The maximum absolute atomic E-state index is 12.8. The Labute approximate surface area is 153 Å². The SMILES string of the molecule is C=CC(=O)Nc1ccc(S(=O)(=O)N2CCC(C(=O)NC3CC3)CC2)cc1. The molecule has 1 aliphatic heterocycles. The Morgan fingerprint density at radius 3 is 2.23 bits per heavy atom. The third kappa shape index (κ3) is 4.31. The Bertz CT molecular complexity index is 792. The molecule has 3 rings (SSSR count). The molecule has 0 aromatic heterocycles. The molecule has 0 spiro atoms. The van der Waals surface area contributed by atoms with Crippen molar-refractivity contribution in [3.63, 3.8) is 0 Å². The van der Waals surface area contributed by atoms with Crippen molar-refractivity contribution in [3.05, 3.63) is 36.9 Å². The summed E-state index contributed by atoms with van der Waals surface area (Å²) in [6, 6.07) is 6.36. The van der Waals surface area contributed by atoms with E-state index in [1.807, 2.05) is 0 Å². The molecule has 0 bridgehead atoms. The van der Waals surface area contributed by atoms with Crippen molar-refractivity contribution in [2.45, 2.75) is 36.6 Å². The van der Waals surface area contributed by atoms with Crippen molar-refractivity contribution >= 4 is 27.5 Å². The van der Waals surface area contributed by atoms with Crippen LogP contribution in [0.3, 0.4) is 0 Å². The highest BCUT2D eigenvalue weighted by Gasteiger charge is 2.34. The van der Waals surface area contributed by atoms with Crippen LogP contribution in [0.25, 0.3) is 0 Å². The maximum atomic E-state index is 12.8. The molecule has 0 atom stereocenters. The van der Waals surface area contributed by atoms with E-state index < -0.39 is 10.0 Å². The van der Waals surface area contributed by atoms with Crippen molar-refractivity contribution in [1.29, 1.82) is 0 Å². The molecule has 1 saturated carbocycles. The second kappa shape index (κ2) is 7.59. The highest BCUT2D eigenvalue weighted by Crippen LogP contribution is 2.26. The molecule has 2 N–H and O–H groups in total. The number of carbonyl (C=O) groups is 2. The lowest BCUT2D eigenvalue weighted by Crippen LogP contribution is -2.43. The average molecular weight is 377 g/mol. The molecule has 140 valence electrons. The zero-order valence-electron chi connectivity index (χ0n) is 14.5. The van der Waals surface area contributed by atoms with Gasteiger partial charge in [-0.2, -0.15) is 4.31 Å². The number of hydrogen-bond acceptors (Lipinski definition) is 4. The monoisotopic (exact) mass is 377 g/mol. The summed E-state index contributed by atoms with van der Waals surface area (Å²) in [5, 5.41) is 5.57. The first-order chi connectivity index (χ1) is 12.4. The third-order valence-corrected chi connectivity index (χ3v) is 6.61. The van der Waals surface area contributed by atoms with E-state index in [2.05, 4.69) is 17.2 Å². The lowest BCUT2D eigenvalue weighted by Gasteiger charge is -2.30. The summed E-state index contributed by atoms with van der Waals surface area (Å²) in [6.45, 7) is 4.04. The molecule has 1 aromatic rings. The van der Waals surface area contributed by atoms with Gasteiger partial charge in [-0.15, -0.1) is 0 Å². The van der Waals surface area contributed by atoms with Gasteiger partial charge in [-0.25, -0.2) is 8.42 Å². The number of hydrogen-bond donors (Lipinski definition) is 2. The van der Waals surface area contributed by atoms with Crippen molar-refractivity contribution in [2.24, 2.45) is 5.92 Å². The fourth-order valence-corrected chi connectivity index (χ4v) is 4.43. The van der Waals surface area contributed by atoms with Crippen molar-refractivity contribution in [3.8, 4) is 0 Å². The number of anilines is 1. The molecule has 2 amide bonds. The molecule has 2 aliphatic rings. The molecule has 1 aliphatic carbocycles. The molecular formula is C18H23N3O4S. The number of rotatable bonds is 6. The van der Waals surface area contributed by atoms with Crippen LogP contribution in [0.5, 0.6) is 0 Å². The first-order valence-corrected chi connectivity index (χ1v) is 10.2. The molecular weight excluding hydrogens is 354 g/mol. The largest absolute Gasteiger partial charge is 0.353 e. The van der Waals surface area contributed by atoms with E-state index in [4.69, 9.17) is 0 Å². The fourth-order valence-electron chi connectivity index (χ4n) is 2.96. The number of nitrogens with zero attached hydrogens (tertiary/aromatic N) is 1. The van der Waals surface area contributed by atoms with Gasteiger partial charge in [0.15, 0.2) is 0 Å². The van der Waals surface area contributed by atoms with Crippen LogP contribution in [0.2, 0.25) is 0 Å². The van der Waals surface area contributed by atoms with Crippen molar-refractivity contribution in [2.75, 3.05) is 18.4 Å². The Morgan fingerprint density at radius 2 is 1.69 bits per heavy atom. The predicted octanol–water partition coefficient (Wildman–Crippen LogP) is 1.49. The zero-order valence-corrected chi connectivity index (χ0v) is 15.3. The Hall–Kier alpha value is -2.19. The Morgan fingerprint density at radius 1 is 1.08 bits per heavy atom. The maximum Gasteiger partial charge on any atom is 0.247 e. The molecule has 1 saturated heterocycles. The van der Waals surface area contributed by atoms with Crippen LogP contribution < -0.4 is 10.6 Å². The lowest BCUT2D eigenvalue weighted by molar-refractivity contribution is -0.126. The van der Waals surface area contributed by atoms with Crippen LogP contribution in [0, 0.1) is 5.92 Å². The minimum Gasteiger partial charge on any atom is -0.353 e. The summed E-state index contributed by atoms with van der Waals surface area (Å²) in [4.78, 5) is 23.6. The minimum absolute atomic E-state index is 0.0480. The van der Waals surface area contributed by atoms with Gasteiger partial charge in [0.05, 0.1) is 4.90 Å². The molecule has 1 aromatic carbocycles. The minimum atomic E-state index is -3.60.